The largest absolute Gasteiger partial charge is 0.392 e. The lowest BCUT2D eigenvalue weighted by Crippen LogP contribution is -2.49. The number of rotatable bonds is 4. The number of aliphatic hydroxyl groups excluding tert-OH is 1. The number of nitrogens with one attached hydrogen (secondary N) is 1. The Hall–Kier alpha value is -0.690. The van der Waals surface area contributed by atoms with E-state index in [9.17, 15) is 4.79 Å². The fraction of sp³-hybridized carbons (Fsp3) is 0.889. The first kappa shape index (κ1) is 12.4. The van der Waals surface area contributed by atoms with Gasteiger partial charge < -0.3 is 25.6 Å². The maximum atomic E-state index is 11.5. The highest BCUT2D eigenvalue weighted by molar-refractivity contribution is 5.81. The van der Waals surface area contributed by atoms with Gasteiger partial charge in [-0.05, 0) is 6.92 Å². The van der Waals surface area contributed by atoms with E-state index in [1.54, 1.807) is 6.92 Å². The average molecular weight is 218 g/mol. The Kier molecular flexibility index (Phi) is 4.97. The van der Waals surface area contributed by atoms with Gasteiger partial charge in [-0.2, -0.15) is 0 Å². The van der Waals surface area contributed by atoms with Gasteiger partial charge in [0.25, 0.3) is 5.91 Å². The maximum absolute atomic E-state index is 11.5. The van der Waals surface area contributed by atoms with Crippen molar-refractivity contribution in [2.75, 3.05) is 26.4 Å². The third-order valence-corrected chi connectivity index (χ3v) is 2.24. The van der Waals surface area contributed by atoms with Crippen LogP contribution in [0.2, 0.25) is 0 Å². The van der Waals surface area contributed by atoms with Gasteiger partial charge in [-0.25, -0.2) is 0 Å². The topological polar surface area (TPSA) is 93.8 Å². The van der Waals surface area contributed by atoms with Crippen molar-refractivity contribution in [1.82, 2.24) is 5.32 Å². The fourth-order valence-electron chi connectivity index (χ4n) is 1.14. The second-order valence-electron chi connectivity index (χ2n) is 3.58. The molecule has 1 aliphatic rings. The lowest BCUT2D eigenvalue weighted by molar-refractivity contribution is -0.147. The van der Waals surface area contributed by atoms with Crippen LogP contribution in [0.1, 0.15) is 6.92 Å². The number of aliphatic hydroxyl groups is 1. The van der Waals surface area contributed by atoms with Crippen molar-refractivity contribution >= 4 is 5.91 Å². The predicted molar refractivity (Wildman–Crippen MR) is 53.2 cm³/mol. The summed E-state index contributed by atoms with van der Waals surface area (Å²) in [5.41, 5.74) is 5.56. The molecule has 1 amide bonds. The zero-order valence-electron chi connectivity index (χ0n) is 8.81. The van der Waals surface area contributed by atoms with Gasteiger partial charge in [0, 0.05) is 12.6 Å². The monoisotopic (exact) mass is 218 g/mol. The molecule has 0 saturated carbocycles. The highest BCUT2D eigenvalue weighted by Gasteiger charge is 2.23. The van der Waals surface area contributed by atoms with E-state index in [0.717, 1.165) is 0 Å². The lowest BCUT2D eigenvalue weighted by atomic mass is 10.2. The highest BCUT2D eigenvalue weighted by Crippen LogP contribution is 2.00. The standard InChI is InChI=1S/C9H18N2O4/c1-6(12)7(10)4-11-9(13)8-5-14-2-3-15-8/h6-8,12H,2-5,10H2,1H3,(H,11,13). The summed E-state index contributed by atoms with van der Waals surface area (Å²) >= 11 is 0. The predicted octanol–water partition coefficient (Wildman–Crippen LogP) is -1.77. The molecule has 1 aliphatic heterocycles. The first-order chi connectivity index (χ1) is 7.11. The highest BCUT2D eigenvalue weighted by atomic mass is 16.6. The lowest BCUT2D eigenvalue weighted by Gasteiger charge is -2.23. The van der Waals surface area contributed by atoms with Crippen LogP contribution < -0.4 is 11.1 Å². The summed E-state index contributed by atoms with van der Waals surface area (Å²) in [5, 5.41) is 11.7. The molecule has 1 fully saturated rings. The molecule has 0 aromatic heterocycles. The zero-order chi connectivity index (χ0) is 11.3. The molecule has 1 rings (SSSR count). The number of ether oxygens (including phenoxy) is 2. The van der Waals surface area contributed by atoms with Gasteiger partial charge in [-0.3, -0.25) is 4.79 Å². The Morgan fingerprint density at radius 2 is 2.40 bits per heavy atom. The second kappa shape index (κ2) is 6.02. The molecular weight excluding hydrogens is 200 g/mol. The van der Waals surface area contributed by atoms with Crippen LogP contribution in [-0.4, -0.2) is 55.6 Å². The van der Waals surface area contributed by atoms with Crippen LogP contribution >= 0.6 is 0 Å². The molecule has 0 aromatic rings. The Balaban J connectivity index is 2.22. The van der Waals surface area contributed by atoms with E-state index in [2.05, 4.69) is 5.32 Å². The molecule has 0 aliphatic carbocycles. The summed E-state index contributed by atoms with van der Waals surface area (Å²) in [6, 6.07) is -0.460. The minimum atomic E-state index is -0.645. The van der Waals surface area contributed by atoms with Crippen molar-refractivity contribution in [2.45, 2.75) is 25.2 Å². The number of hydrogen-bond acceptors (Lipinski definition) is 5. The molecule has 1 saturated heterocycles. The van der Waals surface area contributed by atoms with E-state index in [0.29, 0.717) is 13.2 Å². The summed E-state index contributed by atoms with van der Waals surface area (Å²) in [5.74, 6) is -0.245. The quantitative estimate of drug-likeness (QED) is 0.519. The Morgan fingerprint density at radius 1 is 1.67 bits per heavy atom. The first-order valence-electron chi connectivity index (χ1n) is 5.02. The fourth-order valence-corrected chi connectivity index (χ4v) is 1.14. The molecule has 0 bridgehead atoms. The van der Waals surface area contributed by atoms with Gasteiger partial charge >= 0.3 is 0 Å². The average Bonchev–Trinajstić information content (AvgIpc) is 2.26. The van der Waals surface area contributed by atoms with Gasteiger partial charge in [-0.1, -0.05) is 0 Å². The SMILES string of the molecule is CC(O)C(N)CNC(=O)C1COCCO1. The van der Waals surface area contributed by atoms with Crippen LogP contribution in [-0.2, 0) is 14.3 Å². The second-order valence-corrected chi connectivity index (χ2v) is 3.58. The normalized spacial score (nSPS) is 25.7. The van der Waals surface area contributed by atoms with E-state index in [1.807, 2.05) is 0 Å². The van der Waals surface area contributed by atoms with Gasteiger partial charge in [0.2, 0.25) is 0 Å². The minimum absolute atomic E-state index is 0.232. The molecule has 15 heavy (non-hydrogen) atoms. The van der Waals surface area contributed by atoms with Crippen LogP contribution in [0, 0.1) is 0 Å². The summed E-state index contributed by atoms with van der Waals surface area (Å²) < 4.78 is 10.3. The maximum Gasteiger partial charge on any atom is 0.251 e. The van der Waals surface area contributed by atoms with Gasteiger partial charge in [-0.15, -0.1) is 0 Å². The van der Waals surface area contributed by atoms with E-state index in [-0.39, 0.29) is 19.1 Å². The molecule has 6 nitrogen and oxygen atoms in total. The Labute approximate surface area is 88.7 Å². The van der Waals surface area contributed by atoms with Crippen molar-refractivity contribution in [3.05, 3.63) is 0 Å². The smallest absolute Gasteiger partial charge is 0.251 e. The van der Waals surface area contributed by atoms with Crippen molar-refractivity contribution in [3.8, 4) is 0 Å². The van der Waals surface area contributed by atoms with Crippen molar-refractivity contribution in [2.24, 2.45) is 5.73 Å². The van der Waals surface area contributed by atoms with E-state index < -0.39 is 18.2 Å². The molecule has 4 N–H and O–H groups in total. The number of nitrogens with two attached hydrogens (primary N) is 1. The molecular formula is C9H18N2O4. The first-order valence-corrected chi connectivity index (χ1v) is 5.02. The van der Waals surface area contributed by atoms with Crippen molar-refractivity contribution < 1.29 is 19.4 Å². The number of hydrogen-bond donors (Lipinski definition) is 3. The van der Waals surface area contributed by atoms with Crippen molar-refractivity contribution in [3.63, 3.8) is 0 Å². The molecule has 88 valence electrons. The molecule has 6 heteroatoms. The molecule has 0 radical (unpaired) electrons. The number of amides is 1. The van der Waals surface area contributed by atoms with Gasteiger partial charge in [0.15, 0.2) is 6.10 Å². The van der Waals surface area contributed by atoms with E-state index in [1.165, 1.54) is 0 Å². The summed E-state index contributed by atoms with van der Waals surface area (Å²) in [4.78, 5) is 11.5. The molecule has 0 spiro atoms. The zero-order valence-corrected chi connectivity index (χ0v) is 8.81. The third-order valence-electron chi connectivity index (χ3n) is 2.24. The molecule has 3 unspecified atom stereocenters. The summed E-state index contributed by atoms with van der Waals surface area (Å²) in [6.07, 6.45) is -1.20. The Bertz CT molecular complexity index is 204. The van der Waals surface area contributed by atoms with Crippen LogP contribution in [0.4, 0.5) is 0 Å². The van der Waals surface area contributed by atoms with Crippen LogP contribution in [0.5, 0.6) is 0 Å². The number of carbonyl (C=O) groups excluding carboxylic acids is 1. The van der Waals surface area contributed by atoms with Gasteiger partial charge in [0.1, 0.15) is 0 Å². The number of carbonyl (C=O) groups is 1. The molecule has 3 atom stereocenters. The van der Waals surface area contributed by atoms with Crippen LogP contribution in [0.15, 0.2) is 0 Å². The van der Waals surface area contributed by atoms with Gasteiger partial charge in [0.05, 0.1) is 25.9 Å². The summed E-state index contributed by atoms with van der Waals surface area (Å²) in [7, 11) is 0. The third kappa shape index (κ3) is 4.13. The van der Waals surface area contributed by atoms with Crippen LogP contribution in [0.3, 0.4) is 0 Å². The molecule has 0 aromatic carbocycles. The van der Waals surface area contributed by atoms with Crippen molar-refractivity contribution in [1.29, 1.82) is 0 Å². The Morgan fingerprint density at radius 3 is 2.93 bits per heavy atom. The summed E-state index contributed by atoms with van der Waals surface area (Å²) in [6.45, 7) is 3.04. The minimum Gasteiger partial charge on any atom is -0.392 e. The van der Waals surface area contributed by atoms with E-state index in [4.69, 9.17) is 20.3 Å². The van der Waals surface area contributed by atoms with Crippen LogP contribution in [0.25, 0.3) is 0 Å². The molecule has 1 heterocycles. The van der Waals surface area contributed by atoms with E-state index >= 15 is 0 Å².